The molecule has 5 heterocycles. The molecule has 7 nitrogen and oxygen atoms in total. The molecule has 1 atom stereocenters. The van der Waals surface area contributed by atoms with Gasteiger partial charge in [-0.05, 0) is 95.4 Å². The van der Waals surface area contributed by atoms with Gasteiger partial charge in [-0.25, -0.2) is 19.9 Å². The van der Waals surface area contributed by atoms with Crippen LogP contribution in [-0.4, -0.2) is 39.2 Å². The van der Waals surface area contributed by atoms with E-state index < -0.39 is 5.41 Å². The molecule has 62 heavy (non-hydrogen) atoms. The molecule has 1 unspecified atom stereocenters. The third-order valence-corrected chi connectivity index (χ3v) is 12.2. The van der Waals surface area contributed by atoms with E-state index in [9.17, 15) is 0 Å². The molecule has 0 radical (unpaired) electrons. The van der Waals surface area contributed by atoms with Crippen molar-refractivity contribution in [1.29, 1.82) is 0 Å². The second-order valence-corrected chi connectivity index (χ2v) is 15.9. The second kappa shape index (κ2) is 16.0. The highest BCUT2D eigenvalue weighted by Gasteiger charge is 2.48. The third-order valence-electron chi connectivity index (χ3n) is 12.2. The molecule has 7 aromatic rings. The lowest BCUT2D eigenvalue weighted by Crippen LogP contribution is -2.38. The number of aromatic nitrogens is 4. The Morgan fingerprint density at radius 2 is 1.24 bits per heavy atom. The van der Waals surface area contributed by atoms with Crippen molar-refractivity contribution in [2.45, 2.75) is 24.2 Å². The number of hydrogen-bond acceptors (Lipinski definition) is 7. The summed E-state index contributed by atoms with van der Waals surface area (Å²) >= 11 is 0. The van der Waals surface area contributed by atoms with E-state index >= 15 is 0 Å². The minimum Gasteiger partial charge on any atom is -0.457 e. The van der Waals surface area contributed by atoms with Crippen LogP contribution in [0.25, 0.3) is 45.3 Å². The van der Waals surface area contributed by atoms with Gasteiger partial charge in [0.2, 0.25) is 0 Å². The topological polar surface area (TPSA) is 85.2 Å². The number of hydrogen-bond donors (Lipinski definition) is 1. The molecule has 2 aromatic heterocycles. The highest BCUT2D eigenvalue weighted by atomic mass is 16.5. The SMILES string of the molecule is C1=CC(c2cc(C3C=C4C(=CC3)Oc3ccc(-c5nc(-c6ccccc6)nc(-c6ccccc6)n5)cc3C4(c3ccccc3)c3ccccc3)cc(C3=CC=NCC3)n2)=CCN1. The van der Waals surface area contributed by atoms with E-state index in [1.165, 1.54) is 11.1 Å². The van der Waals surface area contributed by atoms with E-state index in [2.05, 4.69) is 132 Å². The fraction of sp³-hybridized carbons (Fsp3) is 0.109. The van der Waals surface area contributed by atoms with Crippen LogP contribution in [0, 0.1) is 0 Å². The summed E-state index contributed by atoms with van der Waals surface area (Å²) in [6, 6.07) is 52.9. The summed E-state index contributed by atoms with van der Waals surface area (Å²) < 4.78 is 7.01. The van der Waals surface area contributed by atoms with Crippen molar-refractivity contribution in [2.24, 2.45) is 4.99 Å². The number of ether oxygens (including phenoxy) is 1. The average Bonchev–Trinajstić information content (AvgIpc) is 3.36. The summed E-state index contributed by atoms with van der Waals surface area (Å²) in [4.78, 5) is 25.0. The number of fused-ring (bicyclic) bond motifs is 2. The molecule has 4 aliphatic rings. The van der Waals surface area contributed by atoms with Gasteiger partial charge in [-0.1, -0.05) is 133 Å². The maximum absolute atomic E-state index is 7.01. The molecule has 1 N–H and O–H groups in total. The molecule has 0 amide bonds. The zero-order valence-electron chi connectivity index (χ0n) is 34.0. The van der Waals surface area contributed by atoms with E-state index in [0.717, 1.165) is 93.4 Å². The van der Waals surface area contributed by atoms with Crippen LogP contribution in [0.5, 0.6) is 5.75 Å². The molecular formula is C55H42N6O. The quantitative estimate of drug-likeness (QED) is 0.165. The van der Waals surface area contributed by atoms with Crippen LogP contribution < -0.4 is 10.1 Å². The van der Waals surface area contributed by atoms with E-state index in [1.54, 1.807) is 0 Å². The molecule has 3 aliphatic heterocycles. The summed E-state index contributed by atoms with van der Waals surface area (Å²) in [6.07, 6.45) is 16.7. The van der Waals surface area contributed by atoms with E-state index in [-0.39, 0.29) is 5.92 Å². The third kappa shape index (κ3) is 6.78. The molecule has 11 rings (SSSR count). The average molecular weight is 803 g/mol. The van der Waals surface area contributed by atoms with Crippen molar-refractivity contribution in [3.8, 4) is 39.9 Å². The molecular weight excluding hydrogens is 761 g/mol. The van der Waals surface area contributed by atoms with Crippen molar-refractivity contribution >= 4 is 17.4 Å². The van der Waals surface area contributed by atoms with Gasteiger partial charge in [-0.15, -0.1) is 0 Å². The molecule has 298 valence electrons. The van der Waals surface area contributed by atoms with Crippen molar-refractivity contribution in [3.63, 3.8) is 0 Å². The lowest BCUT2D eigenvalue weighted by atomic mass is 9.61. The van der Waals surface area contributed by atoms with E-state index in [0.29, 0.717) is 17.5 Å². The Hall–Kier alpha value is -7.77. The van der Waals surface area contributed by atoms with Gasteiger partial charge in [0.1, 0.15) is 11.5 Å². The van der Waals surface area contributed by atoms with E-state index in [4.69, 9.17) is 24.7 Å². The van der Waals surface area contributed by atoms with Gasteiger partial charge in [0, 0.05) is 53.0 Å². The number of benzene rings is 5. The van der Waals surface area contributed by atoms with Crippen molar-refractivity contribution < 1.29 is 4.74 Å². The molecule has 7 heteroatoms. The van der Waals surface area contributed by atoms with Crippen LogP contribution in [0.1, 0.15) is 52.4 Å². The number of nitrogens with zero attached hydrogens (tertiary/aromatic N) is 5. The Kier molecular flexibility index (Phi) is 9.62. The lowest BCUT2D eigenvalue weighted by molar-refractivity contribution is 0.380. The fourth-order valence-corrected chi connectivity index (χ4v) is 9.17. The summed E-state index contributed by atoms with van der Waals surface area (Å²) in [5.74, 6) is 3.54. The second-order valence-electron chi connectivity index (χ2n) is 15.9. The van der Waals surface area contributed by atoms with Crippen LogP contribution in [0.3, 0.4) is 0 Å². The number of nitrogens with one attached hydrogen (secondary N) is 1. The van der Waals surface area contributed by atoms with Crippen molar-refractivity contribution in [2.75, 3.05) is 13.1 Å². The maximum atomic E-state index is 7.01. The zero-order valence-corrected chi connectivity index (χ0v) is 34.0. The minimum atomic E-state index is -0.754. The summed E-state index contributed by atoms with van der Waals surface area (Å²) in [5, 5.41) is 3.30. The van der Waals surface area contributed by atoms with Gasteiger partial charge in [-0.2, -0.15) is 0 Å². The summed E-state index contributed by atoms with van der Waals surface area (Å²) in [6.45, 7) is 1.53. The minimum absolute atomic E-state index is 0.0453. The standard InChI is InChI=1S/C55H42N6O/c1-5-13-39(14-6-1)52-59-53(40-15-7-2-8-16-40)61-54(60-52)42-22-24-51-47(34-42)55(44-17-9-3-10-18-44,45-19-11-4-12-20-45)46-33-41(21-23-50(46)62-51)43-35-48(37-25-29-56-30-26-37)58-49(36-43)38-27-31-57-32-28-38/h1-20,22-27,29,31,33-36,41,56H,21,28,30,32H2. The first-order valence-corrected chi connectivity index (χ1v) is 21.3. The fourth-order valence-electron chi connectivity index (χ4n) is 9.17. The molecule has 0 saturated carbocycles. The number of rotatable bonds is 8. The Morgan fingerprint density at radius 1 is 0.613 bits per heavy atom. The molecule has 0 fully saturated rings. The Morgan fingerprint density at radius 3 is 1.85 bits per heavy atom. The number of pyridine rings is 1. The summed E-state index contributed by atoms with van der Waals surface area (Å²) in [7, 11) is 0. The van der Waals surface area contributed by atoms with Crippen molar-refractivity contribution in [1.82, 2.24) is 25.3 Å². The van der Waals surface area contributed by atoms with Gasteiger partial charge in [0.25, 0.3) is 0 Å². The molecule has 5 aromatic carbocycles. The molecule has 0 bridgehead atoms. The normalized spacial score (nSPS) is 17.3. The lowest BCUT2D eigenvalue weighted by Gasteiger charge is -2.45. The smallest absolute Gasteiger partial charge is 0.164 e. The highest BCUT2D eigenvalue weighted by molar-refractivity contribution is 5.86. The predicted molar refractivity (Wildman–Crippen MR) is 248 cm³/mol. The summed E-state index contributed by atoms with van der Waals surface area (Å²) in [5.41, 5.74) is 11.9. The monoisotopic (exact) mass is 802 g/mol. The number of dihydropyridines is 2. The van der Waals surface area contributed by atoms with Crippen LogP contribution in [0.2, 0.25) is 0 Å². The highest BCUT2D eigenvalue weighted by Crippen LogP contribution is 2.57. The Bertz CT molecular complexity index is 2910. The van der Waals surface area contributed by atoms with Crippen LogP contribution >= 0.6 is 0 Å². The molecule has 1 aliphatic carbocycles. The zero-order chi connectivity index (χ0) is 41.3. The predicted octanol–water partition coefficient (Wildman–Crippen LogP) is 11.4. The Balaban J connectivity index is 1.13. The molecule has 0 saturated heterocycles. The largest absolute Gasteiger partial charge is 0.457 e. The van der Waals surface area contributed by atoms with Crippen LogP contribution in [0.15, 0.2) is 205 Å². The first-order chi connectivity index (χ1) is 30.7. The maximum Gasteiger partial charge on any atom is 0.164 e. The van der Waals surface area contributed by atoms with Crippen LogP contribution in [-0.2, 0) is 5.41 Å². The van der Waals surface area contributed by atoms with Crippen LogP contribution in [0.4, 0.5) is 0 Å². The first kappa shape index (κ1) is 37.2. The first-order valence-electron chi connectivity index (χ1n) is 21.3. The van der Waals surface area contributed by atoms with Gasteiger partial charge in [-0.3, -0.25) is 4.99 Å². The van der Waals surface area contributed by atoms with Gasteiger partial charge < -0.3 is 10.1 Å². The van der Waals surface area contributed by atoms with E-state index in [1.807, 2.05) is 73.1 Å². The molecule has 0 spiro atoms. The van der Waals surface area contributed by atoms with Gasteiger partial charge in [0.15, 0.2) is 17.5 Å². The Labute approximate surface area is 361 Å². The number of allylic oxidation sites excluding steroid dienone is 6. The number of aliphatic imine (C=N–C) groups is 1. The van der Waals surface area contributed by atoms with Gasteiger partial charge in [0.05, 0.1) is 16.8 Å². The van der Waals surface area contributed by atoms with Gasteiger partial charge >= 0.3 is 0 Å². The van der Waals surface area contributed by atoms with Crippen molar-refractivity contribution in [3.05, 3.63) is 233 Å².